The van der Waals surface area contributed by atoms with Gasteiger partial charge in [0.25, 0.3) is 0 Å². The van der Waals surface area contributed by atoms with Crippen molar-refractivity contribution >= 4 is 11.3 Å². The average Bonchev–Trinajstić information content (AvgIpc) is 2.99. The second-order valence-electron chi connectivity index (χ2n) is 4.58. The molecule has 3 rings (SSSR count). The third kappa shape index (κ3) is 2.40. The summed E-state index contributed by atoms with van der Waals surface area (Å²) in [5, 5.41) is 6.10. The molecule has 17 heavy (non-hydrogen) atoms. The molecule has 2 unspecified atom stereocenters. The first-order valence-electron chi connectivity index (χ1n) is 5.91. The smallest absolute Gasteiger partial charge is 0.229 e. The Morgan fingerprint density at radius 3 is 3.12 bits per heavy atom. The minimum absolute atomic E-state index is 0.299. The minimum Gasteiger partial charge on any atom is -0.339 e. The number of aromatic nitrogens is 2. The zero-order valence-electron chi connectivity index (χ0n) is 9.50. The number of nitrogens with zero attached hydrogens (tertiary/aromatic N) is 2. The fourth-order valence-corrected chi connectivity index (χ4v) is 3.02. The van der Waals surface area contributed by atoms with Crippen LogP contribution in [0.5, 0.6) is 0 Å². The summed E-state index contributed by atoms with van der Waals surface area (Å²) in [5.74, 6) is 1.92. The predicted molar refractivity (Wildman–Crippen MR) is 66.0 cm³/mol. The Labute approximate surface area is 104 Å². The molecule has 0 spiro atoms. The maximum absolute atomic E-state index is 5.89. The molecule has 2 heterocycles. The van der Waals surface area contributed by atoms with Crippen LogP contribution in [-0.4, -0.2) is 16.2 Å². The summed E-state index contributed by atoms with van der Waals surface area (Å²) in [6.45, 7) is 0. The molecular weight excluding hydrogens is 234 g/mol. The highest BCUT2D eigenvalue weighted by atomic mass is 32.1. The van der Waals surface area contributed by atoms with Crippen LogP contribution in [0.2, 0.25) is 0 Å². The van der Waals surface area contributed by atoms with E-state index in [1.54, 1.807) is 11.3 Å². The van der Waals surface area contributed by atoms with Gasteiger partial charge >= 0.3 is 0 Å². The molecule has 0 saturated heterocycles. The van der Waals surface area contributed by atoms with Crippen LogP contribution in [0.4, 0.5) is 0 Å². The quantitative estimate of drug-likeness (QED) is 0.906. The van der Waals surface area contributed by atoms with Gasteiger partial charge < -0.3 is 10.3 Å². The number of rotatable bonds is 3. The van der Waals surface area contributed by atoms with E-state index in [2.05, 4.69) is 21.6 Å². The third-order valence-electron chi connectivity index (χ3n) is 3.22. The van der Waals surface area contributed by atoms with Gasteiger partial charge in [-0.3, -0.25) is 0 Å². The molecule has 1 fully saturated rings. The number of hydrogen-bond donors (Lipinski definition) is 1. The van der Waals surface area contributed by atoms with Gasteiger partial charge in [-0.25, -0.2) is 0 Å². The van der Waals surface area contributed by atoms with Gasteiger partial charge in [0.15, 0.2) is 5.82 Å². The molecule has 4 nitrogen and oxygen atoms in total. The zero-order chi connectivity index (χ0) is 11.7. The van der Waals surface area contributed by atoms with Crippen molar-refractivity contribution in [2.75, 3.05) is 0 Å². The highest BCUT2D eigenvalue weighted by molar-refractivity contribution is 7.09. The minimum atomic E-state index is 0.299. The van der Waals surface area contributed by atoms with Crippen molar-refractivity contribution in [2.45, 2.75) is 37.6 Å². The molecule has 90 valence electrons. The van der Waals surface area contributed by atoms with Crippen molar-refractivity contribution in [1.29, 1.82) is 0 Å². The van der Waals surface area contributed by atoms with E-state index in [1.165, 1.54) is 4.88 Å². The molecule has 2 aromatic rings. The Bertz CT molecular complexity index is 480. The molecule has 1 saturated carbocycles. The lowest BCUT2D eigenvalue weighted by atomic mass is 10.1. The molecule has 0 aliphatic heterocycles. The first-order chi connectivity index (χ1) is 8.31. The number of hydrogen-bond acceptors (Lipinski definition) is 5. The summed E-state index contributed by atoms with van der Waals surface area (Å²) in [5.41, 5.74) is 5.89. The van der Waals surface area contributed by atoms with Crippen molar-refractivity contribution in [1.82, 2.24) is 10.1 Å². The van der Waals surface area contributed by atoms with Gasteiger partial charge in [0.05, 0.1) is 0 Å². The predicted octanol–water partition coefficient (Wildman–Crippen LogP) is 2.32. The number of thiophene rings is 1. The van der Waals surface area contributed by atoms with Crippen LogP contribution >= 0.6 is 11.3 Å². The lowest BCUT2D eigenvalue weighted by Crippen LogP contribution is -2.14. The Balaban J connectivity index is 1.70. The van der Waals surface area contributed by atoms with Crippen molar-refractivity contribution in [3.8, 4) is 0 Å². The standard InChI is InChI=1S/C12H15N3OS/c13-9-4-3-8(6-9)12-14-11(15-16-12)7-10-2-1-5-17-10/h1-2,5,8-9H,3-4,6-7,13H2. The lowest BCUT2D eigenvalue weighted by Gasteiger charge is -2.01. The maximum Gasteiger partial charge on any atom is 0.229 e. The van der Waals surface area contributed by atoms with E-state index in [0.29, 0.717) is 12.0 Å². The summed E-state index contributed by atoms with van der Waals surface area (Å²) in [6.07, 6.45) is 3.87. The fraction of sp³-hybridized carbons (Fsp3) is 0.500. The van der Waals surface area contributed by atoms with Crippen LogP contribution in [0.15, 0.2) is 22.0 Å². The molecule has 1 aliphatic carbocycles. The van der Waals surface area contributed by atoms with E-state index in [0.717, 1.165) is 37.4 Å². The summed E-state index contributed by atoms with van der Waals surface area (Å²) in [6, 6.07) is 4.43. The van der Waals surface area contributed by atoms with Crippen LogP contribution in [-0.2, 0) is 6.42 Å². The topological polar surface area (TPSA) is 64.9 Å². The van der Waals surface area contributed by atoms with E-state index in [9.17, 15) is 0 Å². The van der Waals surface area contributed by atoms with Crippen LogP contribution in [0.25, 0.3) is 0 Å². The van der Waals surface area contributed by atoms with Crippen molar-refractivity contribution in [3.05, 3.63) is 34.1 Å². The van der Waals surface area contributed by atoms with Crippen molar-refractivity contribution in [3.63, 3.8) is 0 Å². The van der Waals surface area contributed by atoms with Crippen LogP contribution < -0.4 is 5.73 Å². The Kier molecular flexibility index (Phi) is 2.94. The SMILES string of the molecule is NC1CCC(c2nc(Cc3cccs3)no2)C1. The van der Waals surface area contributed by atoms with Crippen LogP contribution in [0.1, 0.15) is 41.8 Å². The van der Waals surface area contributed by atoms with Crippen LogP contribution in [0.3, 0.4) is 0 Å². The molecule has 0 aromatic carbocycles. The second-order valence-corrected chi connectivity index (χ2v) is 5.61. The maximum atomic E-state index is 5.89. The molecule has 0 bridgehead atoms. The molecule has 2 atom stereocenters. The molecule has 5 heteroatoms. The molecule has 0 amide bonds. The first kappa shape index (κ1) is 10.9. The van der Waals surface area contributed by atoms with E-state index in [1.807, 2.05) is 6.07 Å². The Morgan fingerprint density at radius 1 is 1.47 bits per heavy atom. The van der Waals surface area contributed by atoms with Crippen molar-refractivity contribution < 1.29 is 4.52 Å². The number of nitrogens with two attached hydrogens (primary N) is 1. The summed E-state index contributed by atoms with van der Waals surface area (Å²) < 4.78 is 5.33. The lowest BCUT2D eigenvalue weighted by molar-refractivity contribution is 0.350. The van der Waals surface area contributed by atoms with E-state index in [-0.39, 0.29) is 0 Å². The van der Waals surface area contributed by atoms with E-state index < -0.39 is 0 Å². The monoisotopic (exact) mass is 249 g/mol. The fourth-order valence-electron chi connectivity index (χ4n) is 2.31. The molecule has 0 radical (unpaired) electrons. The van der Waals surface area contributed by atoms with Gasteiger partial charge in [-0.2, -0.15) is 4.98 Å². The second kappa shape index (κ2) is 4.58. The summed E-state index contributed by atoms with van der Waals surface area (Å²) in [7, 11) is 0. The molecule has 1 aliphatic rings. The first-order valence-corrected chi connectivity index (χ1v) is 6.79. The van der Waals surface area contributed by atoms with Gasteiger partial charge in [-0.05, 0) is 30.7 Å². The Hall–Kier alpha value is -1.20. The highest BCUT2D eigenvalue weighted by Gasteiger charge is 2.27. The van der Waals surface area contributed by atoms with Crippen LogP contribution in [0, 0.1) is 0 Å². The van der Waals surface area contributed by atoms with Gasteiger partial charge in [0, 0.05) is 23.3 Å². The van der Waals surface area contributed by atoms with Gasteiger partial charge in [0.2, 0.25) is 5.89 Å². The largest absolute Gasteiger partial charge is 0.339 e. The van der Waals surface area contributed by atoms with Gasteiger partial charge in [-0.15, -0.1) is 11.3 Å². The molecule has 2 N–H and O–H groups in total. The van der Waals surface area contributed by atoms with Gasteiger partial charge in [-0.1, -0.05) is 11.2 Å². The Morgan fingerprint density at radius 2 is 2.41 bits per heavy atom. The molecule has 2 aromatic heterocycles. The van der Waals surface area contributed by atoms with Gasteiger partial charge in [0.1, 0.15) is 0 Å². The van der Waals surface area contributed by atoms with Crippen molar-refractivity contribution in [2.24, 2.45) is 5.73 Å². The average molecular weight is 249 g/mol. The normalized spacial score (nSPS) is 24.3. The summed E-state index contributed by atoms with van der Waals surface area (Å²) >= 11 is 1.72. The van der Waals surface area contributed by atoms with E-state index in [4.69, 9.17) is 10.3 Å². The highest BCUT2D eigenvalue weighted by Crippen LogP contribution is 2.32. The summed E-state index contributed by atoms with van der Waals surface area (Å²) in [4.78, 5) is 5.74. The third-order valence-corrected chi connectivity index (χ3v) is 4.10. The molecular formula is C12H15N3OS. The van der Waals surface area contributed by atoms with E-state index >= 15 is 0 Å². The zero-order valence-corrected chi connectivity index (χ0v) is 10.3.